The van der Waals surface area contributed by atoms with Crippen LogP contribution in [0.2, 0.25) is 0 Å². The lowest BCUT2D eigenvalue weighted by atomic mass is 10.0. The first-order chi connectivity index (χ1) is 8.78. The first kappa shape index (κ1) is 12.1. The highest BCUT2D eigenvalue weighted by Gasteiger charge is 2.36. The van der Waals surface area contributed by atoms with Crippen LogP contribution in [0.5, 0.6) is 0 Å². The molecule has 2 aromatic rings. The molecule has 0 spiro atoms. The Bertz CT molecular complexity index is 489. The number of nitrogens with zero attached hydrogens (tertiary/aromatic N) is 2. The van der Waals surface area contributed by atoms with Crippen LogP contribution in [0.15, 0.2) is 17.8 Å². The Hall–Kier alpha value is -0.910. The van der Waals surface area contributed by atoms with Gasteiger partial charge in [-0.2, -0.15) is 0 Å². The van der Waals surface area contributed by atoms with Crippen LogP contribution in [0.1, 0.15) is 25.5 Å². The van der Waals surface area contributed by atoms with E-state index in [9.17, 15) is 5.11 Å². The van der Waals surface area contributed by atoms with E-state index in [-0.39, 0.29) is 6.10 Å². The van der Waals surface area contributed by atoms with Crippen molar-refractivity contribution in [1.29, 1.82) is 0 Å². The lowest BCUT2D eigenvalue weighted by molar-refractivity contribution is -0.0442. The second kappa shape index (κ2) is 4.99. The van der Waals surface area contributed by atoms with Crippen molar-refractivity contribution in [2.45, 2.75) is 38.4 Å². The lowest BCUT2D eigenvalue weighted by Crippen LogP contribution is -2.33. The van der Waals surface area contributed by atoms with Gasteiger partial charge in [0.15, 0.2) is 4.96 Å². The molecule has 1 saturated carbocycles. The highest BCUT2D eigenvalue weighted by molar-refractivity contribution is 7.15. The van der Waals surface area contributed by atoms with Crippen molar-refractivity contribution >= 4 is 16.3 Å². The minimum absolute atomic E-state index is 0.0188. The van der Waals surface area contributed by atoms with Gasteiger partial charge < -0.3 is 9.84 Å². The van der Waals surface area contributed by atoms with Crippen LogP contribution in [0.4, 0.5) is 0 Å². The molecule has 2 atom stereocenters. The first-order valence-corrected chi connectivity index (χ1v) is 7.36. The minimum Gasteiger partial charge on any atom is -0.390 e. The third-order valence-corrected chi connectivity index (χ3v) is 4.16. The van der Waals surface area contributed by atoms with E-state index in [1.807, 2.05) is 29.1 Å². The maximum atomic E-state index is 10.3. The number of aromatic nitrogens is 2. The fraction of sp³-hybridized carbons (Fsp3) is 0.615. The largest absolute Gasteiger partial charge is 0.390 e. The zero-order valence-corrected chi connectivity index (χ0v) is 11.3. The Morgan fingerprint density at radius 2 is 2.44 bits per heavy atom. The molecule has 2 heterocycles. The molecule has 1 fully saturated rings. The molecular weight excluding hydrogens is 248 g/mol. The number of fused-ring (bicyclic) bond motifs is 1. The molecule has 2 aromatic heterocycles. The van der Waals surface area contributed by atoms with Gasteiger partial charge in [0.1, 0.15) is 0 Å². The first-order valence-electron chi connectivity index (χ1n) is 6.48. The maximum Gasteiger partial charge on any atom is 0.193 e. The average Bonchev–Trinajstić information content (AvgIpc) is 2.96. The Labute approximate surface area is 110 Å². The molecule has 0 aliphatic heterocycles. The summed E-state index contributed by atoms with van der Waals surface area (Å²) in [6, 6.07) is 0. The molecule has 0 saturated heterocycles. The Balaban J connectivity index is 1.68. The summed E-state index contributed by atoms with van der Waals surface area (Å²) in [7, 11) is 0. The van der Waals surface area contributed by atoms with E-state index in [0.29, 0.717) is 18.9 Å². The number of rotatable bonds is 6. The summed E-state index contributed by atoms with van der Waals surface area (Å²) < 4.78 is 7.67. The van der Waals surface area contributed by atoms with Crippen LogP contribution >= 0.6 is 11.3 Å². The molecule has 0 radical (unpaired) electrons. The average molecular weight is 266 g/mol. The number of thiazole rings is 1. The number of hydrogen-bond acceptors (Lipinski definition) is 4. The molecule has 0 bridgehead atoms. The second-order valence-corrected chi connectivity index (χ2v) is 5.73. The van der Waals surface area contributed by atoms with Gasteiger partial charge in [0.2, 0.25) is 0 Å². The summed E-state index contributed by atoms with van der Waals surface area (Å²) in [4.78, 5) is 5.48. The van der Waals surface area contributed by atoms with Crippen LogP contribution in [0.25, 0.3) is 4.96 Å². The van der Waals surface area contributed by atoms with E-state index in [1.54, 1.807) is 11.3 Å². The van der Waals surface area contributed by atoms with Gasteiger partial charge in [-0.05, 0) is 25.7 Å². The Morgan fingerprint density at radius 3 is 3.11 bits per heavy atom. The summed E-state index contributed by atoms with van der Waals surface area (Å²) in [6.45, 7) is 2.64. The quantitative estimate of drug-likeness (QED) is 0.871. The van der Waals surface area contributed by atoms with Gasteiger partial charge in [0.05, 0.1) is 17.9 Å². The summed E-state index contributed by atoms with van der Waals surface area (Å²) in [6.07, 6.45) is 6.46. The second-order valence-electron chi connectivity index (χ2n) is 4.85. The van der Waals surface area contributed by atoms with Crippen LogP contribution in [-0.4, -0.2) is 33.3 Å². The van der Waals surface area contributed by atoms with Crippen molar-refractivity contribution in [1.82, 2.24) is 9.38 Å². The van der Waals surface area contributed by atoms with Gasteiger partial charge in [0, 0.05) is 30.8 Å². The van der Waals surface area contributed by atoms with Crippen molar-refractivity contribution in [2.75, 3.05) is 6.61 Å². The monoisotopic (exact) mass is 266 g/mol. The maximum absolute atomic E-state index is 10.3. The molecule has 4 nitrogen and oxygen atoms in total. The smallest absolute Gasteiger partial charge is 0.193 e. The van der Waals surface area contributed by atoms with Gasteiger partial charge in [-0.1, -0.05) is 0 Å². The van der Waals surface area contributed by atoms with Crippen molar-refractivity contribution in [3.05, 3.63) is 23.5 Å². The SMILES string of the molecule is CCOC(C(O)Cc1cn2ccsc2n1)C1CC1. The number of imidazole rings is 1. The molecule has 0 aromatic carbocycles. The van der Waals surface area contributed by atoms with E-state index in [0.717, 1.165) is 10.7 Å². The third kappa shape index (κ3) is 2.43. The van der Waals surface area contributed by atoms with Gasteiger partial charge in [-0.25, -0.2) is 4.98 Å². The molecule has 98 valence electrons. The van der Waals surface area contributed by atoms with Crippen molar-refractivity contribution in [3.63, 3.8) is 0 Å². The summed E-state index contributed by atoms with van der Waals surface area (Å²) >= 11 is 1.61. The number of aliphatic hydroxyl groups is 1. The fourth-order valence-electron chi connectivity index (χ4n) is 2.38. The van der Waals surface area contributed by atoms with Crippen LogP contribution in [0, 0.1) is 5.92 Å². The molecular formula is C13H18N2O2S. The van der Waals surface area contributed by atoms with Gasteiger partial charge >= 0.3 is 0 Å². The number of hydrogen-bond donors (Lipinski definition) is 1. The minimum atomic E-state index is -0.443. The molecule has 2 unspecified atom stereocenters. The topological polar surface area (TPSA) is 46.8 Å². The van der Waals surface area contributed by atoms with E-state index < -0.39 is 6.10 Å². The molecule has 1 aliphatic carbocycles. The standard InChI is InChI=1S/C13H18N2O2S/c1-2-17-12(9-3-4-9)11(16)7-10-8-15-5-6-18-13(15)14-10/h5-6,8-9,11-12,16H,2-4,7H2,1H3. The summed E-state index contributed by atoms with van der Waals surface area (Å²) in [5.41, 5.74) is 0.944. The highest BCUT2D eigenvalue weighted by Crippen LogP contribution is 2.36. The lowest BCUT2D eigenvalue weighted by Gasteiger charge is -2.21. The Morgan fingerprint density at radius 1 is 1.61 bits per heavy atom. The highest BCUT2D eigenvalue weighted by atomic mass is 32.1. The summed E-state index contributed by atoms with van der Waals surface area (Å²) in [5.74, 6) is 0.545. The molecule has 5 heteroatoms. The molecule has 18 heavy (non-hydrogen) atoms. The molecule has 1 N–H and O–H groups in total. The van der Waals surface area contributed by atoms with Crippen LogP contribution < -0.4 is 0 Å². The molecule has 0 amide bonds. The van der Waals surface area contributed by atoms with Crippen LogP contribution in [0.3, 0.4) is 0 Å². The van der Waals surface area contributed by atoms with Gasteiger partial charge in [0.25, 0.3) is 0 Å². The Kier molecular flexibility index (Phi) is 3.37. The number of aliphatic hydroxyl groups excluding tert-OH is 1. The molecule has 1 aliphatic rings. The van der Waals surface area contributed by atoms with Crippen molar-refractivity contribution in [3.8, 4) is 0 Å². The van der Waals surface area contributed by atoms with E-state index in [1.165, 1.54) is 12.8 Å². The number of ether oxygens (including phenoxy) is 1. The van der Waals surface area contributed by atoms with Gasteiger partial charge in [-0.15, -0.1) is 11.3 Å². The van der Waals surface area contributed by atoms with E-state index in [2.05, 4.69) is 4.98 Å². The van der Waals surface area contributed by atoms with Gasteiger partial charge in [-0.3, -0.25) is 4.40 Å². The zero-order valence-electron chi connectivity index (χ0n) is 10.5. The zero-order chi connectivity index (χ0) is 12.5. The third-order valence-electron chi connectivity index (χ3n) is 3.39. The summed E-state index contributed by atoms with van der Waals surface area (Å²) in [5, 5.41) is 12.3. The predicted molar refractivity (Wildman–Crippen MR) is 70.9 cm³/mol. The predicted octanol–water partition coefficient (Wildman–Crippen LogP) is 2.11. The normalized spacial score (nSPS) is 19.2. The van der Waals surface area contributed by atoms with E-state index in [4.69, 9.17) is 4.74 Å². The van der Waals surface area contributed by atoms with Crippen LogP contribution in [-0.2, 0) is 11.2 Å². The fourth-order valence-corrected chi connectivity index (χ4v) is 3.10. The molecule has 3 rings (SSSR count). The van der Waals surface area contributed by atoms with Crippen molar-refractivity contribution < 1.29 is 9.84 Å². The van der Waals surface area contributed by atoms with E-state index >= 15 is 0 Å². The van der Waals surface area contributed by atoms with Crippen molar-refractivity contribution in [2.24, 2.45) is 5.92 Å².